The number of benzene rings is 3. The van der Waals surface area contributed by atoms with E-state index < -0.39 is 5.25 Å². The Hall–Kier alpha value is -3.58. The van der Waals surface area contributed by atoms with Crippen LogP contribution in [0.3, 0.4) is 0 Å². The van der Waals surface area contributed by atoms with Gasteiger partial charge in [-0.05, 0) is 29.7 Å². The van der Waals surface area contributed by atoms with E-state index in [2.05, 4.69) is 26.9 Å². The average Bonchev–Trinajstić information content (AvgIpc) is 3.28. The molecular formula is C27H28N4O2S. The Morgan fingerprint density at radius 2 is 1.59 bits per heavy atom. The van der Waals surface area contributed by atoms with Crippen LogP contribution in [0, 0.1) is 0 Å². The summed E-state index contributed by atoms with van der Waals surface area (Å²) < 4.78 is 7.69. The second kappa shape index (κ2) is 11.0. The maximum absolute atomic E-state index is 13.1. The molecule has 0 bridgehead atoms. The van der Waals surface area contributed by atoms with Crippen molar-refractivity contribution < 1.29 is 9.53 Å². The minimum absolute atomic E-state index is 0.00708. The second-order valence-corrected chi connectivity index (χ2v) is 9.11. The van der Waals surface area contributed by atoms with Crippen LogP contribution in [-0.2, 0) is 17.8 Å². The largest absolute Gasteiger partial charge is 0.496 e. The molecule has 7 heteroatoms. The molecule has 0 aliphatic carbocycles. The van der Waals surface area contributed by atoms with Gasteiger partial charge in [-0.15, -0.1) is 10.2 Å². The first-order chi connectivity index (χ1) is 16.6. The molecule has 1 amide bonds. The SMILES string of the molecule is COc1ccccc1-c1nnc(S[C@H](C(=O)N(C)C)c2ccccc2)n1CCc1ccccc1. The third-order valence-electron chi connectivity index (χ3n) is 5.52. The molecule has 174 valence electrons. The number of aryl methyl sites for hydroxylation is 1. The van der Waals surface area contributed by atoms with E-state index >= 15 is 0 Å². The van der Waals surface area contributed by atoms with E-state index in [1.54, 1.807) is 26.1 Å². The number of para-hydroxylation sites is 1. The van der Waals surface area contributed by atoms with Crippen molar-refractivity contribution in [3.63, 3.8) is 0 Å². The molecule has 0 saturated carbocycles. The lowest BCUT2D eigenvalue weighted by Gasteiger charge is -2.21. The molecule has 0 unspecified atom stereocenters. The number of amides is 1. The van der Waals surface area contributed by atoms with Crippen LogP contribution < -0.4 is 4.74 Å². The first-order valence-corrected chi connectivity index (χ1v) is 12.0. The van der Waals surface area contributed by atoms with Gasteiger partial charge in [0.15, 0.2) is 11.0 Å². The molecule has 1 atom stereocenters. The highest BCUT2D eigenvalue weighted by atomic mass is 32.2. The molecular weight excluding hydrogens is 444 g/mol. The monoisotopic (exact) mass is 472 g/mol. The molecule has 0 radical (unpaired) electrons. The first kappa shape index (κ1) is 23.6. The zero-order chi connectivity index (χ0) is 23.9. The summed E-state index contributed by atoms with van der Waals surface area (Å²) in [6.07, 6.45) is 0.812. The van der Waals surface area contributed by atoms with Crippen molar-refractivity contribution in [3.8, 4) is 17.1 Å². The number of aromatic nitrogens is 3. The van der Waals surface area contributed by atoms with Crippen molar-refractivity contribution in [2.75, 3.05) is 21.2 Å². The Bertz CT molecular complexity index is 1230. The van der Waals surface area contributed by atoms with Gasteiger partial charge in [-0.2, -0.15) is 0 Å². The number of thioether (sulfide) groups is 1. The van der Waals surface area contributed by atoms with Gasteiger partial charge in [0.1, 0.15) is 11.0 Å². The molecule has 3 aromatic carbocycles. The summed E-state index contributed by atoms with van der Waals surface area (Å²) in [6.45, 7) is 0.671. The van der Waals surface area contributed by atoms with Crippen molar-refractivity contribution in [1.29, 1.82) is 0 Å². The number of methoxy groups -OCH3 is 1. The standard InChI is InChI=1S/C27H28N4O2S/c1-30(2)26(32)24(21-14-8-5-9-15-21)34-27-29-28-25(22-16-10-11-17-23(22)33-3)31(27)19-18-20-12-6-4-7-13-20/h4-17,24H,18-19H2,1-3H3/t24-/m0/s1. The van der Waals surface area contributed by atoms with E-state index in [-0.39, 0.29) is 5.91 Å². The Morgan fingerprint density at radius 3 is 2.26 bits per heavy atom. The summed E-state index contributed by atoms with van der Waals surface area (Å²) in [5.41, 5.74) is 3.03. The van der Waals surface area contributed by atoms with Gasteiger partial charge in [-0.25, -0.2) is 0 Å². The maximum atomic E-state index is 13.1. The van der Waals surface area contributed by atoms with Gasteiger partial charge in [0.05, 0.1) is 12.7 Å². The summed E-state index contributed by atoms with van der Waals surface area (Å²) >= 11 is 1.43. The van der Waals surface area contributed by atoms with Gasteiger partial charge < -0.3 is 14.2 Å². The lowest BCUT2D eigenvalue weighted by Crippen LogP contribution is -2.27. The number of likely N-dealkylation sites (N-methyl/N-ethyl adjacent to an activating group) is 1. The van der Waals surface area contributed by atoms with E-state index in [1.165, 1.54) is 17.3 Å². The predicted octanol–water partition coefficient (Wildman–Crippen LogP) is 5.12. The number of carbonyl (C=O) groups is 1. The van der Waals surface area contributed by atoms with Crippen LogP contribution in [-0.4, -0.2) is 46.8 Å². The molecule has 0 spiro atoms. The topological polar surface area (TPSA) is 60.3 Å². The summed E-state index contributed by atoms with van der Waals surface area (Å²) in [5.74, 6) is 1.46. The fourth-order valence-corrected chi connectivity index (χ4v) is 4.93. The molecule has 4 aromatic rings. The van der Waals surface area contributed by atoms with Crippen LogP contribution in [0.4, 0.5) is 0 Å². The molecule has 0 aliphatic rings. The molecule has 4 rings (SSSR count). The van der Waals surface area contributed by atoms with Gasteiger partial charge in [-0.1, -0.05) is 84.6 Å². The fraction of sp³-hybridized carbons (Fsp3) is 0.222. The average molecular weight is 473 g/mol. The molecule has 1 heterocycles. The zero-order valence-corrected chi connectivity index (χ0v) is 20.4. The molecule has 0 aliphatic heterocycles. The summed E-state index contributed by atoms with van der Waals surface area (Å²) in [4.78, 5) is 14.8. The van der Waals surface area contributed by atoms with Crippen LogP contribution in [0.5, 0.6) is 5.75 Å². The molecule has 34 heavy (non-hydrogen) atoms. The van der Waals surface area contributed by atoms with Crippen LogP contribution in [0.25, 0.3) is 11.4 Å². The van der Waals surface area contributed by atoms with E-state index in [4.69, 9.17) is 4.74 Å². The Labute approximate surface area is 204 Å². The van der Waals surface area contributed by atoms with Crippen molar-refractivity contribution >= 4 is 17.7 Å². The van der Waals surface area contributed by atoms with E-state index in [0.717, 1.165) is 29.1 Å². The van der Waals surface area contributed by atoms with Gasteiger partial charge >= 0.3 is 0 Å². The van der Waals surface area contributed by atoms with Gasteiger partial charge in [0, 0.05) is 20.6 Å². The van der Waals surface area contributed by atoms with Gasteiger partial charge in [0.2, 0.25) is 5.91 Å². The summed E-state index contributed by atoms with van der Waals surface area (Å²) in [6, 6.07) is 27.9. The zero-order valence-electron chi connectivity index (χ0n) is 19.6. The van der Waals surface area contributed by atoms with Crippen LogP contribution in [0.2, 0.25) is 0 Å². The summed E-state index contributed by atoms with van der Waals surface area (Å²) in [7, 11) is 5.21. The van der Waals surface area contributed by atoms with Gasteiger partial charge in [0.25, 0.3) is 0 Å². The highest BCUT2D eigenvalue weighted by Crippen LogP contribution is 2.38. The first-order valence-electron chi connectivity index (χ1n) is 11.1. The normalized spacial score (nSPS) is 11.7. The third kappa shape index (κ3) is 5.31. The van der Waals surface area contributed by atoms with Crippen LogP contribution in [0.1, 0.15) is 16.4 Å². The molecule has 6 nitrogen and oxygen atoms in total. The number of hydrogen-bond acceptors (Lipinski definition) is 5. The third-order valence-corrected chi connectivity index (χ3v) is 6.74. The second-order valence-electron chi connectivity index (χ2n) is 8.03. The van der Waals surface area contributed by atoms with Crippen LogP contribution >= 0.6 is 11.8 Å². The lowest BCUT2D eigenvalue weighted by atomic mass is 10.1. The highest BCUT2D eigenvalue weighted by molar-refractivity contribution is 8.00. The van der Waals surface area contributed by atoms with E-state index in [9.17, 15) is 4.79 Å². The highest BCUT2D eigenvalue weighted by Gasteiger charge is 2.27. The minimum atomic E-state index is -0.429. The predicted molar refractivity (Wildman–Crippen MR) is 136 cm³/mol. The van der Waals surface area contributed by atoms with E-state index in [1.807, 2.05) is 72.8 Å². The number of rotatable bonds is 9. The smallest absolute Gasteiger partial charge is 0.240 e. The lowest BCUT2D eigenvalue weighted by molar-refractivity contribution is -0.128. The Kier molecular flexibility index (Phi) is 7.65. The molecule has 0 saturated heterocycles. The van der Waals surface area contributed by atoms with Crippen molar-refractivity contribution in [2.24, 2.45) is 0 Å². The van der Waals surface area contributed by atoms with E-state index in [0.29, 0.717) is 11.7 Å². The maximum Gasteiger partial charge on any atom is 0.240 e. The number of nitrogens with zero attached hydrogens (tertiary/aromatic N) is 4. The Balaban J connectivity index is 1.75. The van der Waals surface area contributed by atoms with Crippen molar-refractivity contribution in [2.45, 2.75) is 23.4 Å². The molecule has 0 fully saturated rings. The van der Waals surface area contributed by atoms with Crippen LogP contribution in [0.15, 0.2) is 90.1 Å². The molecule has 0 N–H and O–H groups in total. The van der Waals surface area contributed by atoms with Crippen molar-refractivity contribution in [3.05, 3.63) is 96.1 Å². The summed E-state index contributed by atoms with van der Waals surface area (Å²) in [5, 5.41) is 9.35. The number of hydrogen-bond donors (Lipinski definition) is 0. The quantitative estimate of drug-likeness (QED) is 0.317. The number of ether oxygens (including phenoxy) is 1. The van der Waals surface area contributed by atoms with Gasteiger partial charge in [-0.3, -0.25) is 4.79 Å². The minimum Gasteiger partial charge on any atom is -0.496 e. The molecule has 1 aromatic heterocycles. The van der Waals surface area contributed by atoms with Crippen molar-refractivity contribution in [1.82, 2.24) is 19.7 Å². The Morgan fingerprint density at radius 1 is 0.941 bits per heavy atom. The fourth-order valence-electron chi connectivity index (χ4n) is 3.72. The number of carbonyl (C=O) groups excluding carboxylic acids is 1.